The number of nitrogens with zero attached hydrogens (tertiary/aromatic N) is 1. The third-order valence-corrected chi connectivity index (χ3v) is 3.33. The van der Waals surface area contributed by atoms with Crippen molar-refractivity contribution in [1.82, 2.24) is 10.2 Å². The normalized spacial score (nSPS) is 12.4. The molecule has 1 unspecified atom stereocenters. The molecule has 1 atom stereocenters. The molecule has 102 valence electrons. The van der Waals surface area contributed by atoms with Crippen LogP contribution in [0.3, 0.4) is 0 Å². The van der Waals surface area contributed by atoms with E-state index in [2.05, 4.69) is 28.5 Å². The fraction of sp³-hybridized carbons (Fsp3) is 0.188. The maximum Gasteiger partial charge on any atom is 0.115 e. The molecule has 0 radical (unpaired) electrons. The van der Waals surface area contributed by atoms with Crippen molar-refractivity contribution in [3.8, 4) is 5.75 Å². The number of aromatic hydroxyl groups is 1. The Kier molecular flexibility index (Phi) is 3.29. The average molecular weight is 267 g/mol. The number of nitrogens with one attached hydrogen (secondary N) is 2. The number of rotatable bonds is 4. The largest absolute Gasteiger partial charge is 0.508 e. The highest BCUT2D eigenvalue weighted by Crippen LogP contribution is 2.18. The number of H-pyrrole nitrogens is 1. The fourth-order valence-corrected chi connectivity index (χ4v) is 2.35. The Labute approximate surface area is 117 Å². The van der Waals surface area contributed by atoms with Gasteiger partial charge in [-0.2, -0.15) is 5.10 Å². The minimum atomic E-state index is 0.305. The van der Waals surface area contributed by atoms with Crippen LogP contribution in [-0.2, 0) is 6.42 Å². The summed E-state index contributed by atoms with van der Waals surface area (Å²) in [7, 11) is 0. The van der Waals surface area contributed by atoms with Crippen LogP contribution in [0.15, 0.2) is 48.7 Å². The third kappa shape index (κ3) is 2.74. The molecule has 1 heterocycles. The van der Waals surface area contributed by atoms with Crippen molar-refractivity contribution in [1.29, 1.82) is 0 Å². The van der Waals surface area contributed by atoms with Gasteiger partial charge in [-0.15, -0.1) is 0 Å². The zero-order chi connectivity index (χ0) is 13.9. The predicted molar refractivity (Wildman–Crippen MR) is 81.0 cm³/mol. The number of hydrogen-bond acceptors (Lipinski definition) is 3. The predicted octanol–water partition coefficient (Wildman–Crippen LogP) is 3.31. The van der Waals surface area contributed by atoms with Crippen LogP contribution in [-0.4, -0.2) is 21.3 Å². The lowest BCUT2D eigenvalue weighted by molar-refractivity contribution is 0.475. The average Bonchev–Trinajstić information content (AvgIpc) is 2.89. The van der Waals surface area contributed by atoms with Gasteiger partial charge in [-0.3, -0.25) is 5.10 Å². The van der Waals surface area contributed by atoms with Crippen LogP contribution in [0, 0.1) is 0 Å². The molecular formula is C16H17N3O. The number of phenols is 1. The molecule has 0 saturated heterocycles. The van der Waals surface area contributed by atoms with E-state index in [0.29, 0.717) is 11.8 Å². The summed E-state index contributed by atoms with van der Waals surface area (Å²) in [6.07, 6.45) is 2.73. The molecule has 0 fully saturated rings. The van der Waals surface area contributed by atoms with Crippen LogP contribution in [0.1, 0.15) is 12.5 Å². The third-order valence-electron chi connectivity index (χ3n) is 3.33. The van der Waals surface area contributed by atoms with Gasteiger partial charge in [0, 0.05) is 17.1 Å². The van der Waals surface area contributed by atoms with Gasteiger partial charge in [0.05, 0.1) is 11.7 Å². The Bertz CT molecular complexity index is 703. The molecule has 0 bridgehead atoms. The minimum absolute atomic E-state index is 0.305. The zero-order valence-electron chi connectivity index (χ0n) is 11.3. The van der Waals surface area contributed by atoms with Crippen LogP contribution in [0.4, 0.5) is 5.69 Å². The quantitative estimate of drug-likeness (QED) is 0.679. The summed E-state index contributed by atoms with van der Waals surface area (Å²) in [6.45, 7) is 2.15. The standard InChI is InChI=1S/C16H17N3O/c1-11(8-12-2-5-15(20)6-3-12)18-14-4-7-16-13(9-14)10-17-19-16/h2-7,9-11,18,20H,8H2,1H3,(H,17,19). The molecule has 20 heavy (non-hydrogen) atoms. The van der Waals surface area contributed by atoms with Gasteiger partial charge in [0.2, 0.25) is 0 Å². The molecule has 0 aliphatic carbocycles. The molecule has 0 aliphatic heterocycles. The number of anilines is 1. The first-order chi connectivity index (χ1) is 9.70. The van der Waals surface area contributed by atoms with Crippen LogP contribution in [0.2, 0.25) is 0 Å². The summed E-state index contributed by atoms with van der Waals surface area (Å²) in [5.41, 5.74) is 3.33. The Hall–Kier alpha value is -2.49. The first-order valence-electron chi connectivity index (χ1n) is 6.68. The second kappa shape index (κ2) is 5.25. The van der Waals surface area contributed by atoms with Crippen LogP contribution < -0.4 is 5.32 Å². The summed E-state index contributed by atoms with van der Waals surface area (Å²) < 4.78 is 0. The molecule has 3 rings (SSSR count). The smallest absolute Gasteiger partial charge is 0.115 e. The number of aromatic nitrogens is 2. The summed E-state index contributed by atoms with van der Waals surface area (Å²) in [6, 6.07) is 13.8. The van der Waals surface area contributed by atoms with Gasteiger partial charge in [-0.1, -0.05) is 12.1 Å². The van der Waals surface area contributed by atoms with E-state index in [0.717, 1.165) is 23.0 Å². The van der Waals surface area contributed by atoms with E-state index in [4.69, 9.17) is 0 Å². The van der Waals surface area contributed by atoms with E-state index in [1.54, 1.807) is 12.1 Å². The van der Waals surface area contributed by atoms with E-state index in [-0.39, 0.29) is 0 Å². The monoisotopic (exact) mass is 267 g/mol. The second-order valence-electron chi connectivity index (χ2n) is 5.09. The first kappa shape index (κ1) is 12.5. The molecular weight excluding hydrogens is 250 g/mol. The Morgan fingerprint density at radius 1 is 1.20 bits per heavy atom. The van der Waals surface area contributed by atoms with Crippen LogP contribution in [0.25, 0.3) is 10.9 Å². The van der Waals surface area contributed by atoms with Crippen molar-refractivity contribution in [2.45, 2.75) is 19.4 Å². The van der Waals surface area contributed by atoms with Crippen LogP contribution in [0.5, 0.6) is 5.75 Å². The molecule has 4 heteroatoms. The summed E-state index contributed by atoms with van der Waals surface area (Å²) in [4.78, 5) is 0. The van der Waals surface area contributed by atoms with Gasteiger partial charge >= 0.3 is 0 Å². The Morgan fingerprint density at radius 2 is 2.00 bits per heavy atom. The molecule has 0 saturated carbocycles. The van der Waals surface area contributed by atoms with E-state index in [1.807, 2.05) is 30.5 Å². The highest BCUT2D eigenvalue weighted by atomic mass is 16.3. The molecule has 4 nitrogen and oxygen atoms in total. The number of phenolic OH excluding ortho intramolecular Hbond substituents is 1. The van der Waals surface area contributed by atoms with Gasteiger partial charge in [0.1, 0.15) is 5.75 Å². The molecule has 0 amide bonds. The number of hydrogen-bond donors (Lipinski definition) is 3. The zero-order valence-corrected chi connectivity index (χ0v) is 11.3. The number of aromatic amines is 1. The van der Waals surface area contributed by atoms with E-state index < -0.39 is 0 Å². The van der Waals surface area contributed by atoms with E-state index >= 15 is 0 Å². The van der Waals surface area contributed by atoms with Crippen LogP contribution >= 0.6 is 0 Å². The Morgan fingerprint density at radius 3 is 2.80 bits per heavy atom. The van der Waals surface area contributed by atoms with Crippen molar-refractivity contribution in [3.63, 3.8) is 0 Å². The summed E-state index contributed by atoms with van der Waals surface area (Å²) >= 11 is 0. The maximum atomic E-state index is 9.28. The molecule has 0 aliphatic rings. The van der Waals surface area contributed by atoms with Crippen molar-refractivity contribution in [2.75, 3.05) is 5.32 Å². The first-order valence-corrected chi connectivity index (χ1v) is 6.68. The second-order valence-corrected chi connectivity index (χ2v) is 5.09. The lowest BCUT2D eigenvalue weighted by Crippen LogP contribution is -2.17. The lowest BCUT2D eigenvalue weighted by atomic mass is 10.1. The maximum absolute atomic E-state index is 9.28. The lowest BCUT2D eigenvalue weighted by Gasteiger charge is -2.15. The SMILES string of the molecule is CC(Cc1ccc(O)cc1)Nc1ccc2[nH]ncc2c1. The van der Waals surface area contributed by atoms with Crippen molar-refractivity contribution < 1.29 is 5.11 Å². The molecule has 2 aromatic carbocycles. The molecule has 0 spiro atoms. The van der Waals surface area contributed by atoms with Gasteiger partial charge < -0.3 is 10.4 Å². The van der Waals surface area contributed by atoms with Crippen molar-refractivity contribution in [2.24, 2.45) is 0 Å². The van der Waals surface area contributed by atoms with Gasteiger partial charge in [-0.05, 0) is 49.2 Å². The number of benzene rings is 2. The molecule has 3 aromatic rings. The summed E-state index contributed by atoms with van der Waals surface area (Å²) in [5.74, 6) is 0.305. The minimum Gasteiger partial charge on any atom is -0.508 e. The highest BCUT2D eigenvalue weighted by Gasteiger charge is 2.05. The van der Waals surface area contributed by atoms with Gasteiger partial charge in [0.15, 0.2) is 0 Å². The van der Waals surface area contributed by atoms with Crippen molar-refractivity contribution in [3.05, 3.63) is 54.2 Å². The highest BCUT2D eigenvalue weighted by molar-refractivity contribution is 5.81. The van der Waals surface area contributed by atoms with Gasteiger partial charge in [0.25, 0.3) is 0 Å². The molecule has 3 N–H and O–H groups in total. The van der Waals surface area contributed by atoms with Crippen molar-refractivity contribution >= 4 is 16.6 Å². The Balaban J connectivity index is 1.68. The van der Waals surface area contributed by atoms with Gasteiger partial charge in [-0.25, -0.2) is 0 Å². The van der Waals surface area contributed by atoms with E-state index in [9.17, 15) is 5.11 Å². The number of fused-ring (bicyclic) bond motifs is 1. The van der Waals surface area contributed by atoms with E-state index in [1.165, 1.54) is 5.56 Å². The fourth-order valence-electron chi connectivity index (χ4n) is 2.35. The topological polar surface area (TPSA) is 60.9 Å². The summed E-state index contributed by atoms with van der Waals surface area (Å²) in [5, 5.41) is 20.8. The molecule has 1 aromatic heterocycles.